The van der Waals surface area contributed by atoms with Gasteiger partial charge in [0.05, 0.1) is 17.7 Å². The van der Waals surface area contributed by atoms with Gasteiger partial charge >= 0.3 is 0 Å². The molecule has 2 saturated heterocycles. The molecule has 5 nitrogen and oxygen atoms in total. The standard InChI is InChI=1S/C22H19Cl2NO4/c23-15-8-6-13(7-9-15)19-18(20(26)14-3-1-4-16(24)11-14)21(27)22(28)25(19)12-17-5-2-10-29-17/h1,3-4,6-9,11,17,19,26H,2,5,10,12H2/b20-18-. The van der Waals surface area contributed by atoms with Crippen LogP contribution >= 0.6 is 23.2 Å². The molecule has 4 rings (SSSR count). The van der Waals surface area contributed by atoms with Crippen LogP contribution in [0.4, 0.5) is 0 Å². The number of likely N-dealkylation sites (tertiary alicyclic amines) is 1. The number of aliphatic hydroxyl groups is 1. The molecule has 2 atom stereocenters. The molecule has 2 aliphatic heterocycles. The largest absolute Gasteiger partial charge is 0.507 e. The Morgan fingerprint density at radius 3 is 2.52 bits per heavy atom. The molecule has 2 aliphatic rings. The van der Waals surface area contributed by atoms with Crippen molar-refractivity contribution in [1.82, 2.24) is 4.90 Å². The molecule has 29 heavy (non-hydrogen) atoms. The average molecular weight is 432 g/mol. The lowest BCUT2D eigenvalue weighted by Gasteiger charge is -2.27. The van der Waals surface area contributed by atoms with E-state index in [4.69, 9.17) is 27.9 Å². The number of carbonyl (C=O) groups is 2. The predicted molar refractivity (Wildman–Crippen MR) is 111 cm³/mol. The minimum Gasteiger partial charge on any atom is -0.507 e. The summed E-state index contributed by atoms with van der Waals surface area (Å²) in [7, 11) is 0. The van der Waals surface area contributed by atoms with E-state index in [1.807, 2.05) is 0 Å². The van der Waals surface area contributed by atoms with Crippen LogP contribution in [0.15, 0.2) is 54.1 Å². The molecule has 0 spiro atoms. The smallest absolute Gasteiger partial charge is 0.295 e. The Balaban J connectivity index is 1.83. The van der Waals surface area contributed by atoms with Gasteiger partial charge in [0, 0.05) is 28.8 Å². The van der Waals surface area contributed by atoms with Crippen LogP contribution in [0, 0.1) is 0 Å². The summed E-state index contributed by atoms with van der Waals surface area (Å²) in [4.78, 5) is 27.3. The first-order valence-corrected chi connectivity index (χ1v) is 10.1. The number of Topliss-reactive ketones (excluding diaryl/α,β-unsaturated/α-hetero) is 1. The molecule has 2 fully saturated rings. The highest BCUT2D eigenvalue weighted by molar-refractivity contribution is 6.46. The molecule has 150 valence electrons. The number of halogens is 2. The Morgan fingerprint density at radius 2 is 1.86 bits per heavy atom. The molecule has 0 aromatic heterocycles. The van der Waals surface area contributed by atoms with Gasteiger partial charge in [-0.25, -0.2) is 0 Å². The zero-order valence-corrected chi connectivity index (χ0v) is 17.0. The summed E-state index contributed by atoms with van der Waals surface area (Å²) in [6, 6.07) is 12.7. The summed E-state index contributed by atoms with van der Waals surface area (Å²) < 4.78 is 5.68. The number of ketones is 1. The van der Waals surface area contributed by atoms with Gasteiger partial charge in [0.2, 0.25) is 0 Å². The van der Waals surface area contributed by atoms with Gasteiger partial charge in [-0.1, -0.05) is 47.5 Å². The van der Waals surface area contributed by atoms with Crippen LogP contribution in [-0.4, -0.2) is 41.0 Å². The van der Waals surface area contributed by atoms with E-state index in [1.54, 1.807) is 48.5 Å². The van der Waals surface area contributed by atoms with Crippen molar-refractivity contribution in [3.63, 3.8) is 0 Å². The van der Waals surface area contributed by atoms with Crippen molar-refractivity contribution in [1.29, 1.82) is 0 Å². The number of aliphatic hydroxyl groups excluding tert-OH is 1. The highest BCUT2D eigenvalue weighted by atomic mass is 35.5. The molecule has 2 heterocycles. The number of carbonyl (C=O) groups excluding carboxylic acids is 2. The van der Waals surface area contributed by atoms with Crippen molar-refractivity contribution in [3.05, 3.63) is 75.3 Å². The van der Waals surface area contributed by atoms with Crippen LogP contribution in [0.25, 0.3) is 5.76 Å². The highest BCUT2D eigenvalue weighted by Gasteiger charge is 2.47. The topological polar surface area (TPSA) is 66.8 Å². The number of amides is 1. The van der Waals surface area contributed by atoms with Crippen LogP contribution < -0.4 is 0 Å². The molecule has 2 aromatic carbocycles. The zero-order chi connectivity index (χ0) is 20.5. The lowest BCUT2D eigenvalue weighted by molar-refractivity contribution is -0.140. The quantitative estimate of drug-likeness (QED) is 0.436. The highest BCUT2D eigenvalue weighted by Crippen LogP contribution is 2.40. The number of rotatable bonds is 4. The number of hydrogen-bond donors (Lipinski definition) is 1. The van der Waals surface area contributed by atoms with Gasteiger partial charge in [-0.2, -0.15) is 0 Å². The van der Waals surface area contributed by atoms with Crippen molar-refractivity contribution < 1.29 is 19.4 Å². The molecule has 0 bridgehead atoms. The van der Waals surface area contributed by atoms with Gasteiger partial charge in [-0.15, -0.1) is 0 Å². The molecular formula is C22H19Cl2NO4. The second-order valence-corrected chi connectivity index (χ2v) is 8.02. The molecule has 1 amide bonds. The lowest BCUT2D eigenvalue weighted by Crippen LogP contribution is -2.36. The second-order valence-electron chi connectivity index (χ2n) is 7.15. The zero-order valence-electron chi connectivity index (χ0n) is 15.5. The van der Waals surface area contributed by atoms with E-state index in [1.165, 1.54) is 4.90 Å². The minimum atomic E-state index is -0.726. The van der Waals surface area contributed by atoms with Crippen LogP contribution in [0.2, 0.25) is 10.0 Å². The molecule has 2 unspecified atom stereocenters. The third-order valence-electron chi connectivity index (χ3n) is 5.25. The Morgan fingerprint density at radius 1 is 1.10 bits per heavy atom. The van der Waals surface area contributed by atoms with E-state index in [-0.39, 0.29) is 24.0 Å². The Labute approximate surface area is 178 Å². The monoisotopic (exact) mass is 431 g/mol. The molecular weight excluding hydrogens is 413 g/mol. The summed E-state index contributed by atoms with van der Waals surface area (Å²) in [6.07, 6.45) is 1.61. The molecule has 0 radical (unpaired) electrons. The number of benzene rings is 2. The SMILES string of the molecule is O=C1C(=O)N(CC2CCCO2)C(c2ccc(Cl)cc2)/C1=C(/O)c1cccc(Cl)c1. The van der Waals surface area contributed by atoms with E-state index in [0.29, 0.717) is 27.8 Å². The first-order chi connectivity index (χ1) is 14.0. The summed E-state index contributed by atoms with van der Waals surface area (Å²) in [6.45, 7) is 0.924. The van der Waals surface area contributed by atoms with Gasteiger partial charge in [0.1, 0.15) is 5.76 Å². The van der Waals surface area contributed by atoms with E-state index in [9.17, 15) is 14.7 Å². The van der Waals surface area contributed by atoms with Crippen LogP contribution in [0.3, 0.4) is 0 Å². The van der Waals surface area contributed by atoms with E-state index in [2.05, 4.69) is 0 Å². The first-order valence-electron chi connectivity index (χ1n) is 9.37. The predicted octanol–water partition coefficient (Wildman–Crippen LogP) is 4.59. The van der Waals surface area contributed by atoms with Gasteiger partial charge in [-0.05, 0) is 42.7 Å². The number of nitrogens with zero attached hydrogens (tertiary/aromatic N) is 1. The van der Waals surface area contributed by atoms with Crippen molar-refractivity contribution in [2.75, 3.05) is 13.2 Å². The van der Waals surface area contributed by atoms with Crippen LogP contribution in [0.1, 0.15) is 30.0 Å². The van der Waals surface area contributed by atoms with Crippen molar-refractivity contribution in [2.24, 2.45) is 0 Å². The van der Waals surface area contributed by atoms with Gasteiger partial charge in [0.25, 0.3) is 11.7 Å². The van der Waals surface area contributed by atoms with E-state index in [0.717, 1.165) is 12.8 Å². The molecule has 7 heteroatoms. The van der Waals surface area contributed by atoms with Crippen molar-refractivity contribution in [2.45, 2.75) is 25.0 Å². The molecule has 2 aromatic rings. The number of hydrogen-bond acceptors (Lipinski definition) is 4. The maximum atomic E-state index is 12.9. The Bertz CT molecular complexity index is 981. The van der Waals surface area contributed by atoms with Gasteiger partial charge < -0.3 is 14.7 Å². The normalized spacial score (nSPS) is 23.7. The fraction of sp³-hybridized carbons (Fsp3) is 0.273. The molecule has 0 aliphatic carbocycles. The lowest BCUT2D eigenvalue weighted by atomic mass is 9.95. The fourth-order valence-electron chi connectivity index (χ4n) is 3.86. The third-order valence-corrected chi connectivity index (χ3v) is 5.74. The molecule has 1 N–H and O–H groups in total. The summed E-state index contributed by atoms with van der Waals surface area (Å²) >= 11 is 12.1. The van der Waals surface area contributed by atoms with E-state index >= 15 is 0 Å². The molecule has 0 saturated carbocycles. The minimum absolute atomic E-state index is 0.0394. The maximum Gasteiger partial charge on any atom is 0.295 e. The Kier molecular flexibility index (Phi) is 5.63. The van der Waals surface area contributed by atoms with Crippen LogP contribution in [-0.2, 0) is 14.3 Å². The van der Waals surface area contributed by atoms with Crippen molar-refractivity contribution >= 4 is 40.7 Å². The summed E-state index contributed by atoms with van der Waals surface area (Å²) in [5.41, 5.74) is 1.11. The first kappa shape index (κ1) is 20.0. The Hall–Kier alpha value is -2.34. The van der Waals surface area contributed by atoms with Gasteiger partial charge in [-0.3, -0.25) is 9.59 Å². The maximum absolute atomic E-state index is 12.9. The van der Waals surface area contributed by atoms with E-state index < -0.39 is 17.7 Å². The van der Waals surface area contributed by atoms with Gasteiger partial charge in [0.15, 0.2) is 0 Å². The summed E-state index contributed by atoms with van der Waals surface area (Å²) in [5, 5.41) is 11.9. The second kappa shape index (κ2) is 8.19. The third kappa shape index (κ3) is 3.90. The fourth-order valence-corrected chi connectivity index (χ4v) is 4.18. The summed E-state index contributed by atoms with van der Waals surface area (Å²) in [5.74, 6) is -1.62. The number of ether oxygens (including phenoxy) is 1. The van der Waals surface area contributed by atoms with Crippen molar-refractivity contribution in [3.8, 4) is 0 Å². The van der Waals surface area contributed by atoms with Crippen LogP contribution in [0.5, 0.6) is 0 Å². The average Bonchev–Trinajstić information content (AvgIpc) is 3.31.